The quantitative estimate of drug-likeness (QED) is 0.481. The third-order valence-electron chi connectivity index (χ3n) is 1.52. The van der Waals surface area contributed by atoms with Crippen LogP contribution in [0.1, 0.15) is 40.0 Å². The summed E-state index contributed by atoms with van der Waals surface area (Å²) in [5.41, 5.74) is 5.66. The highest BCUT2D eigenvalue weighted by molar-refractivity contribution is 5.80. The standard InChI is InChI=1S/C9H20N2/c1-4-7-11-9(10)6-5-8(2)3/h8H,4-7H2,1-3H3,(H2,10,11). The molecular formula is C9H20N2. The third-order valence-corrected chi connectivity index (χ3v) is 1.52. The van der Waals surface area contributed by atoms with Crippen LogP contribution in [0.25, 0.3) is 0 Å². The molecule has 11 heavy (non-hydrogen) atoms. The molecule has 0 aromatic carbocycles. The molecule has 0 aromatic rings. The molecule has 0 aromatic heterocycles. The fourth-order valence-corrected chi connectivity index (χ4v) is 0.771. The van der Waals surface area contributed by atoms with Crippen molar-refractivity contribution in [2.75, 3.05) is 6.54 Å². The van der Waals surface area contributed by atoms with Crippen LogP contribution in [-0.2, 0) is 0 Å². The molecule has 0 rings (SSSR count). The lowest BCUT2D eigenvalue weighted by Gasteiger charge is -2.03. The molecule has 2 N–H and O–H groups in total. The monoisotopic (exact) mass is 156 g/mol. The Morgan fingerprint density at radius 1 is 1.45 bits per heavy atom. The van der Waals surface area contributed by atoms with E-state index >= 15 is 0 Å². The zero-order chi connectivity index (χ0) is 8.69. The summed E-state index contributed by atoms with van der Waals surface area (Å²) in [6, 6.07) is 0. The molecule has 0 aliphatic rings. The Labute approximate surface area is 69.9 Å². The second-order valence-corrected chi connectivity index (χ2v) is 3.31. The van der Waals surface area contributed by atoms with Crippen molar-refractivity contribution < 1.29 is 0 Å². The van der Waals surface area contributed by atoms with Gasteiger partial charge in [0.25, 0.3) is 0 Å². The van der Waals surface area contributed by atoms with Gasteiger partial charge in [-0.15, -0.1) is 0 Å². The lowest BCUT2D eigenvalue weighted by atomic mass is 10.1. The van der Waals surface area contributed by atoms with Crippen molar-refractivity contribution in [2.45, 2.75) is 40.0 Å². The summed E-state index contributed by atoms with van der Waals surface area (Å²) >= 11 is 0. The summed E-state index contributed by atoms with van der Waals surface area (Å²) in [6.45, 7) is 7.39. The average Bonchev–Trinajstić information content (AvgIpc) is 1.97. The van der Waals surface area contributed by atoms with Gasteiger partial charge in [0.2, 0.25) is 0 Å². The molecule has 0 unspecified atom stereocenters. The predicted molar refractivity (Wildman–Crippen MR) is 50.9 cm³/mol. The summed E-state index contributed by atoms with van der Waals surface area (Å²) < 4.78 is 0. The van der Waals surface area contributed by atoms with Crippen molar-refractivity contribution in [3.63, 3.8) is 0 Å². The Bertz CT molecular complexity index is 117. The highest BCUT2D eigenvalue weighted by Gasteiger charge is 1.95. The van der Waals surface area contributed by atoms with Gasteiger partial charge in [0.15, 0.2) is 0 Å². The topological polar surface area (TPSA) is 38.4 Å². The lowest BCUT2D eigenvalue weighted by Crippen LogP contribution is -2.13. The number of amidine groups is 1. The average molecular weight is 156 g/mol. The van der Waals surface area contributed by atoms with Crippen LogP contribution in [0.15, 0.2) is 4.99 Å². The minimum atomic E-state index is 0.727. The number of aliphatic imine (C=N–C) groups is 1. The predicted octanol–water partition coefficient (Wildman–Crippen LogP) is 2.19. The van der Waals surface area contributed by atoms with Crippen molar-refractivity contribution in [2.24, 2.45) is 16.6 Å². The highest BCUT2D eigenvalue weighted by Crippen LogP contribution is 2.02. The minimum absolute atomic E-state index is 0.727. The van der Waals surface area contributed by atoms with Gasteiger partial charge in [0.1, 0.15) is 0 Å². The third kappa shape index (κ3) is 7.37. The maximum absolute atomic E-state index is 5.66. The highest BCUT2D eigenvalue weighted by atomic mass is 14.8. The SMILES string of the molecule is CCCN=C(N)CCC(C)C. The minimum Gasteiger partial charge on any atom is -0.387 e. The second kappa shape index (κ2) is 6.20. The molecule has 2 heteroatoms. The van der Waals surface area contributed by atoms with Crippen LogP contribution in [0.5, 0.6) is 0 Å². The van der Waals surface area contributed by atoms with Crippen molar-refractivity contribution >= 4 is 5.84 Å². The first-order valence-electron chi connectivity index (χ1n) is 4.45. The number of nitrogens with two attached hydrogens (primary N) is 1. The van der Waals surface area contributed by atoms with E-state index in [1.807, 2.05) is 0 Å². The fourth-order valence-electron chi connectivity index (χ4n) is 0.771. The molecule has 0 heterocycles. The second-order valence-electron chi connectivity index (χ2n) is 3.31. The van der Waals surface area contributed by atoms with E-state index in [-0.39, 0.29) is 0 Å². The molecule has 0 bridgehead atoms. The first-order valence-corrected chi connectivity index (χ1v) is 4.45. The Hall–Kier alpha value is -0.530. The molecule has 0 aliphatic heterocycles. The largest absolute Gasteiger partial charge is 0.387 e. The van der Waals surface area contributed by atoms with Gasteiger partial charge in [0.05, 0.1) is 5.84 Å². The van der Waals surface area contributed by atoms with Crippen molar-refractivity contribution in [1.82, 2.24) is 0 Å². The van der Waals surface area contributed by atoms with E-state index in [4.69, 9.17) is 5.73 Å². The van der Waals surface area contributed by atoms with E-state index in [0.717, 1.165) is 37.6 Å². The molecule has 0 saturated carbocycles. The number of nitrogens with zero attached hydrogens (tertiary/aromatic N) is 1. The molecule has 66 valence electrons. The zero-order valence-corrected chi connectivity index (χ0v) is 7.93. The van der Waals surface area contributed by atoms with E-state index in [1.165, 1.54) is 0 Å². The maximum Gasteiger partial charge on any atom is 0.0937 e. The molecular weight excluding hydrogens is 136 g/mol. The Morgan fingerprint density at radius 2 is 2.09 bits per heavy atom. The summed E-state index contributed by atoms with van der Waals surface area (Å²) in [5, 5.41) is 0. The summed E-state index contributed by atoms with van der Waals surface area (Å²) in [7, 11) is 0. The molecule has 0 amide bonds. The lowest BCUT2D eigenvalue weighted by molar-refractivity contribution is 0.601. The van der Waals surface area contributed by atoms with Crippen molar-refractivity contribution in [3.8, 4) is 0 Å². The number of hydrogen-bond acceptors (Lipinski definition) is 1. The fraction of sp³-hybridized carbons (Fsp3) is 0.889. The van der Waals surface area contributed by atoms with Crippen molar-refractivity contribution in [3.05, 3.63) is 0 Å². The van der Waals surface area contributed by atoms with Gasteiger partial charge in [-0.3, -0.25) is 4.99 Å². The van der Waals surface area contributed by atoms with Crippen LogP contribution < -0.4 is 5.73 Å². The molecule has 0 saturated heterocycles. The first kappa shape index (κ1) is 10.5. The summed E-state index contributed by atoms with van der Waals surface area (Å²) in [5.74, 6) is 1.55. The van der Waals surface area contributed by atoms with Gasteiger partial charge in [-0.25, -0.2) is 0 Å². The summed E-state index contributed by atoms with van der Waals surface area (Å²) in [6.07, 6.45) is 3.19. The normalized spacial score (nSPS) is 12.5. The molecule has 0 atom stereocenters. The van der Waals surface area contributed by atoms with E-state index in [1.54, 1.807) is 0 Å². The van der Waals surface area contributed by atoms with Gasteiger partial charge in [0, 0.05) is 13.0 Å². The van der Waals surface area contributed by atoms with E-state index in [9.17, 15) is 0 Å². The molecule has 2 nitrogen and oxygen atoms in total. The van der Waals surface area contributed by atoms with Crippen molar-refractivity contribution in [1.29, 1.82) is 0 Å². The number of rotatable bonds is 5. The molecule has 0 fully saturated rings. The van der Waals surface area contributed by atoms with Gasteiger partial charge in [-0.1, -0.05) is 20.8 Å². The maximum atomic E-state index is 5.66. The first-order chi connectivity index (χ1) is 5.16. The van der Waals surface area contributed by atoms with E-state index < -0.39 is 0 Å². The zero-order valence-electron chi connectivity index (χ0n) is 7.93. The van der Waals surface area contributed by atoms with Crippen LogP contribution in [0.3, 0.4) is 0 Å². The Kier molecular flexibility index (Phi) is 5.90. The smallest absolute Gasteiger partial charge is 0.0937 e. The Morgan fingerprint density at radius 3 is 2.55 bits per heavy atom. The van der Waals surface area contributed by atoms with Gasteiger partial charge < -0.3 is 5.73 Å². The Balaban J connectivity index is 3.42. The van der Waals surface area contributed by atoms with Gasteiger partial charge in [-0.05, 0) is 18.8 Å². The van der Waals surface area contributed by atoms with Crippen LogP contribution in [0, 0.1) is 5.92 Å². The van der Waals surface area contributed by atoms with Crippen LogP contribution in [0.4, 0.5) is 0 Å². The molecule has 0 aliphatic carbocycles. The number of hydrogen-bond donors (Lipinski definition) is 1. The van der Waals surface area contributed by atoms with Crippen LogP contribution >= 0.6 is 0 Å². The van der Waals surface area contributed by atoms with E-state index in [2.05, 4.69) is 25.8 Å². The molecule has 0 radical (unpaired) electrons. The van der Waals surface area contributed by atoms with E-state index in [0.29, 0.717) is 0 Å². The molecule has 0 spiro atoms. The van der Waals surface area contributed by atoms with Crippen LogP contribution in [0.2, 0.25) is 0 Å². The van der Waals surface area contributed by atoms with Gasteiger partial charge >= 0.3 is 0 Å². The van der Waals surface area contributed by atoms with Crippen LogP contribution in [-0.4, -0.2) is 12.4 Å². The summed E-state index contributed by atoms with van der Waals surface area (Å²) in [4.78, 5) is 4.21. The van der Waals surface area contributed by atoms with Gasteiger partial charge in [-0.2, -0.15) is 0 Å².